The third-order valence-electron chi connectivity index (χ3n) is 5.29. The number of likely N-dealkylation sites (tertiary alicyclic amines) is 1. The molecule has 1 atom stereocenters. The third kappa shape index (κ3) is 2.88. The molecule has 0 radical (unpaired) electrons. The molecule has 132 valence electrons. The van der Waals surface area contributed by atoms with Gasteiger partial charge in [0.2, 0.25) is 0 Å². The van der Waals surface area contributed by atoms with Crippen molar-refractivity contribution in [2.45, 2.75) is 45.1 Å². The van der Waals surface area contributed by atoms with Crippen molar-refractivity contribution in [3.63, 3.8) is 0 Å². The minimum absolute atomic E-state index is 0.0355. The minimum Gasteiger partial charge on any atom is -0.338 e. The number of hydrogen-bond acceptors (Lipinski definition) is 4. The van der Waals surface area contributed by atoms with Crippen LogP contribution in [0.1, 0.15) is 52.8 Å². The molecule has 25 heavy (non-hydrogen) atoms. The molecule has 2 aliphatic rings. The smallest absolute Gasteiger partial charge is 0.273 e. The van der Waals surface area contributed by atoms with Gasteiger partial charge in [0, 0.05) is 57.0 Å². The first-order chi connectivity index (χ1) is 12.0. The lowest BCUT2D eigenvalue weighted by Crippen LogP contribution is -2.40. The molecule has 1 amide bonds. The molecule has 0 aromatic carbocycles. The number of fused-ring (bicyclic) bond motifs is 1. The Labute approximate surface area is 146 Å². The van der Waals surface area contributed by atoms with Crippen molar-refractivity contribution in [2.75, 3.05) is 13.1 Å². The molecule has 0 N–H and O–H groups in total. The average Bonchev–Trinajstić information content (AvgIpc) is 3.19. The molecular weight excluding hydrogens is 318 g/mol. The fourth-order valence-electron chi connectivity index (χ4n) is 4.14. The van der Waals surface area contributed by atoms with Crippen molar-refractivity contribution in [3.05, 3.63) is 45.4 Å². The van der Waals surface area contributed by atoms with Gasteiger partial charge in [-0.05, 0) is 26.2 Å². The van der Waals surface area contributed by atoms with Gasteiger partial charge in [-0.2, -0.15) is 10.1 Å². The van der Waals surface area contributed by atoms with E-state index in [-0.39, 0.29) is 17.4 Å². The van der Waals surface area contributed by atoms with Crippen LogP contribution in [-0.4, -0.2) is 43.2 Å². The zero-order valence-corrected chi connectivity index (χ0v) is 14.7. The number of aromatic nitrogens is 4. The minimum atomic E-state index is -0.158. The maximum atomic E-state index is 12.9. The number of aryl methyl sites for hydroxylation is 3. The van der Waals surface area contributed by atoms with E-state index >= 15 is 0 Å². The second-order valence-electron chi connectivity index (χ2n) is 7.08. The lowest BCUT2D eigenvalue weighted by Gasteiger charge is -2.33. The highest BCUT2D eigenvalue weighted by atomic mass is 16.2. The highest BCUT2D eigenvalue weighted by Crippen LogP contribution is 2.29. The number of hydrogen-bond donors (Lipinski definition) is 0. The Hall–Kier alpha value is -2.44. The fraction of sp³-hybridized carbons (Fsp3) is 0.556. The molecule has 0 aliphatic carbocycles. The lowest BCUT2D eigenvalue weighted by atomic mass is 9.93. The van der Waals surface area contributed by atoms with E-state index in [4.69, 9.17) is 0 Å². The molecule has 0 saturated carbocycles. The van der Waals surface area contributed by atoms with Crippen LogP contribution in [-0.2, 0) is 20.0 Å². The number of amides is 1. The van der Waals surface area contributed by atoms with Crippen LogP contribution in [0.25, 0.3) is 0 Å². The van der Waals surface area contributed by atoms with Crippen molar-refractivity contribution in [1.29, 1.82) is 0 Å². The summed E-state index contributed by atoms with van der Waals surface area (Å²) in [4.78, 5) is 30.9. The second kappa shape index (κ2) is 6.13. The number of carbonyl (C=O) groups excluding carboxylic acids is 1. The Morgan fingerprint density at radius 1 is 1.28 bits per heavy atom. The topological polar surface area (TPSA) is 73.0 Å². The third-order valence-corrected chi connectivity index (χ3v) is 5.29. The van der Waals surface area contributed by atoms with Gasteiger partial charge in [0.15, 0.2) is 0 Å². The molecular formula is C18H23N5O2. The summed E-state index contributed by atoms with van der Waals surface area (Å²) >= 11 is 0. The van der Waals surface area contributed by atoms with E-state index in [2.05, 4.69) is 14.6 Å². The van der Waals surface area contributed by atoms with Crippen LogP contribution >= 0.6 is 0 Å². The predicted molar refractivity (Wildman–Crippen MR) is 92.6 cm³/mol. The van der Waals surface area contributed by atoms with E-state index in [0.717, 1.165) is 56.0 Å². The Balaban J connectivity index is 1.61. The maximum Gasteiger partial charge on any atom is 0.273 e. The summed E-state index contributed by atoms with van der Waals surface area (Å²) in [5.74, 6) is 1.13. The summed E-state index contributed by atoms with van der Waals surface area (Å²) in [5, 5.41) is 4.28. The van der Waals surface area contributed by atoms with E-state index in [1.807, 2.05) is 18.9 Å². The maximum absolute atomic E-state index is 12.9. The Morgan fingerprint density at radius 3 is 2.88 bits per heavy atom. The first kappa shape index (κ1) is 16.1. The highest BCUT2D eigenvalue weighted by molar-refractivity contribution is 5.95. The van der Waals surface area contributed by atoms with Crippen LogP contribution in [0.4, 0.5) is 0 Å². The molecule has 0 unspecified atom stereocenters. The number of rotatable bonds is 2. The lowest BCUT2D eigenvalue weighted by molar-refractivity contribution is 0.0703. The van der Waals surface area contributed by atoms with Crippen molar-refractivity contribution in [2.24, 2.45) is 7.05 Å². The zero-order valence-electron chi connectivity index (χ0n) is 14.7. The van der Waals surface area contributed by atoms with Gasteiger partial charge < -0.3 is 9.47 Å². The van der Waals surface area contributed by atoms with Crippen molar-refractivity contribution in [3.8, 4) is 0 Å². The Kier molecular flexibility index (Phi) is 3.94. The molecule has 4 heterocycles. The molecule has 0 spiro atoms. The SMILES string of the molecule is Cc1nn(C)cc1C(=O)N1CCC[C@H](c2cc(=O)nc3n2CCC3)C1. The summed E-state index contributed by atoms with van der Waals surface area (Å²) in [6.45, 7) is 4.19. The van der Waals surface area contributed by atoms with E-state index in [0.29, 0.717) is 12.1 Å². The first-order valence-corrected chi connectivity index (χ1v) is 8.93. The van der Waals surface area contributed by atoms with Gasteiger partial charge in [0.05, 0.1) is 11.3 Å². The van der Waals surface area contributed by atoms with Gasteiger partial charge in [0.1, 0.15) is 5.82 Å². The molecule has 2 aromatic heterocycles. The Bertz CT molecular complexity index is 882. The number of carbonyl (C=O) groups is 1. The monoisotopic (exact) mass is 341 g/mol. The molecule has 2 aromatic rings. The van der Waals surface area contributed by atoms with Gasteiger partial charge in [0.25, 0.3) is 11.5 Å². The van der Waals surface area contributed by atoms with Crippen molar-refractivity contribution < 1.29 is 4.79 Å². The standard InChI is InChI=1S/C18H23N5O2/c1-12-14(11-21(2)20-12)18(25)22-7-3-5-13(10-22)15-9-17(24)19-16-6-4-8-23(15)16/h9,11,13H,3-8,10H2,1-2H3/t13-/m0/s1. The summed E-state index contributed by atoms with van der Waals surface area (Å²) in [6.07, 6.45) is 5.64. The van der Waals surface area contributed by atoms with Crippen LogP contribution in [0, 0.1) is 6.92 Å². The van der Waals surface area contributed by atoms with Gasteiger partial charge in [-0.15, -0.1) is 0 Å². The number of piperidine rings is 1. The molecule has 0 bridgehead atoms. The largest absolute Gasteiger partial charge is 0.338 e. The quantitative estimate of drug-likeness (QED) is 0.824. The molecule has 2 aliphatic heterocycles. The molecule has 4 rings (SSSR count). The molecule has 1 saturated heterocycles. The van der Waals surface area contributed by atoms with Gasteiger partial charge in [-0.1, -0.05) is 0 Å². The highest BCUT2D eigenvalue weighted by Gasteiger charge is 2.30. The van der Waals surface area contributed by atoms with E-state index < -0.39 is 0 Å². The molecule has 7 heteroatoms. The normalized spacial score (nSPS) is 19.9. The summed E-state index contributed by atoms with van der Waals surface area (Å²) in [6, 6.07) is 1.67. The van der Waals surface area contributed by atoms with E-state index in [1.54, 1.807) is 16.9 Å². The molecule has 1 fully saturated rings. The van der Waals surface area contributed by atoms with E-state index in [9.17, 15) is 9.59 Å². The second-order valence-corrected chi connectivity index (χ2v) is 7.08. The van der Waals surface area contributed by atoms with Crippen LogP contribution in [0.3, 0.4) is 0 Å². The zero-order chi connectivity index (χ0) is 17.6. The van der Waals surface area contributed by atoms with Crippen molar-refractivity contribution in [1.82, 2.24) is 24.2 Å². The average molecular weight is 341 g/mol. The van der Waals surface area contributed by atoms with Gasteiger partial charge in [-0.3, -0.25) is 14.3 Å². The van der Waals surface area contributed by atoms with Gasteiger partial charge >= 0.3 is 0 Å². The summed E-state index contributed by atoms with van der Waals surface area (Å²) in [5.41, 5.74) is 2.32. The first-order valence-electron chi connectivity index (χ1n) is 8.93. The summed E-state index contributed by atoms with van der Waals surface area (Å²) < 4.78 is 3.87. The van der Waals surface area contributed by atoms with Crippen molar-refractivity contribution >= 4 is 5.91 Å². The van der Waals surface area contributed by atoms with Crippen LogP contribution in [0.15, 0.2) is 17.1 Å². The fourth-order valence-corrected chi connectivity index (χ4v) is 4.14. The summed E-state index contributed by atoms with van der Waals surface area (Å²) in [7, 11) is 1.83. The predicted octanol–water partition coefficient (Wildman–Crippen LogP) is 1.25. The van der Waals surface area contributed by atoms with Gasteiger partial charge in [-0.25, -0.2) is 0 Å². The van der Waals surface area contributed by atoms with Crippen LogP contribution < -0.4 is 5.56 Å². The number of nitrogens with zero attached hydrogens (tertiary/aromatic N) is 5. The Morgan fingerprint density at radius 2 is 2.12 bits per heavy atom. The van der Waals surface area contributed by atoms with Crippen LogP contribution in [0.5, 0.6) is 0 Å². The van der Waals surface area contributed by atoms with Crippen LogP contribution in [0.2, 0.25) is 0 Å². The molecule has 7 nitrogen and oxygen atoms in total. The van der Waals surface area contributed by atoms with E-state index in [1.165, 1.54) is 0 Å².